The highest BCUT2D eigenvalue weighted by atomic mass is 35.5. The molecule has 0 aromatic carbocycles. The number of hydrogen-bond acceptors (Lipinski definition) is 5. The topological polar surface area (TPSA) is 73.8 Å². The number of nitrogens with zero attached hydrogens (tertiary/aromatic N) is 3. The molecule has 0 radical (unpaired) electrons. The lowest BCUT2D eigenvalue weighted by Gasteiger charge is -1.98. The van der Waals surface area contributed by atoms with Gasteiger partial charge in [0.05, 0.1) is 16.2 Å². The Hall–Kier alpha value is -1.24. The van der Waals surface area contributed by atoms with Crippen molar-refractivity contribution in [2.45, 2.75) is 19.5 Å². The van der Waals surface area contributed by atoms with Gasteiger partial charge in [0.2, 0.25) is 0 Å². The van der Waals surface area contributed by atoms with Crippen molar-refractivity contribution in [3.63, 3.8) is 0 Å². The lowest BCUT2D eigenvalue weighted by molar-refractivity contribution is -0.119. The smallest absolute Gasteiger partial charge is 0.159 e. The normalized spacial score (nSPS) is 10.7. The lowest BCUT2D eigenvalue weighted by Crippen LogP contribution is -2.12. The van der Waals surface area contributed by atoms with Crippen molar-refractivity contribution in [1.29, 1.82) is 0 Å². The van der Waals surface area contributed by atoms with Crippen molar-refractivity contribution in [1.82, 2.24) is 15.0 Å². The van der Waals surface area contributed by atoms with Crippen LogP contribution >= 0.6 is 22.9 Å². The molecule has 0 bridgehead atoms. The van der Waals surface area contributed by atoms with E-state index in [2.05, 4.69) is 10.3 Å². The molecule has 2 heterocycles. The third kappa shape index (κ3) is 3.36. The van der Waals surface area contributed by atoms with E-state index < -0.39 is 0 Å². The van der Waals surface area contributed by atoms with Crippen LogP contribution in [0.4, 0.5) is 0 Å². The molecule has 5 nitrogen and oxygen atoms in total. The van der Waals surface area contributed by atoms with Crippen LogP contribution in [0.1, 0.15) is 10.6 Å². The maximum absolute atomic E-state index is 11.7. The number of aromatic nitrogens is 3. The number of halogens is 1. The Kier molecular flexibility index (Phi) is 3.88. The van der Waals surface area contributed by atoms with Gasteiger partial charge in [-0.15, -0.1) is 16.4 Å². The van der Waals surface area contributed by atoms with Crippen LogP contribution in [0.25, 0.3) is 0 Å². The van der Waals surface area contributed by atoms with E-state index in [1.165, 1.54) is 16.0 Å². The number of carbonyl (C=O) groups is 1. The van der Waals surface area contributed by atoms with Crippen molar-refractivity contribution in [2.75, 3.05) is 0 Å². The number of Topliss-reactive ketones (excluding diaryl/α,β-unsaturated/α-hetero) is 1. The number of carbonyl (C=O) groups excluding carboxylic acids is 1. The van der Waals surface area contributed by atoms with E-state index in [4.69, 9.17) is 17.3 Å². The molecule has 0 aliphatic heterocycles. The average Bonchev–Trinajstić information content (AvgIpc) is 2.88. The highest BCUT2D eigenvalue weighted by molar-refractivity contribution is 7.16. The molecule has 2 aromatic heterocycles. The minimum atomic E-state index is 0.0667. The predicted octanol–water partition coefficient (Wildman–Crippen LogP) is 1.26. The number of ketones is 1. The summed E-state index contributed by atoms with van der Waals surface area (Å²) in [5.41, 5.74) is 6.08. The number of thiophene rings is 1. The summed E-state index contributed by atoms with van der Waals surface area (Å²) >= 11 is 7.21. The van der Waals surface area contributed by atoms with E-state index in [0.717, 1.165) is 4.88 Å². The van der Waals surface area contributed by atoms with Gasteiger partial charge in [-0.2, -0.15) is 0 Å². The van der Waals surface area contributed by atoms with Gasteiger partial charge in [-0.05, 0) is 12.1 Å². The van der Waals surface area contributed by atoms with E-state index in [1.807, 2.05) is 6.07 Å². The van der Waals surface area contributed by atoms with Gasteiger partial charge in [0.15, 0.2) is 5.78 Å². The second-order valence-corrected chi connectivity index (χ2v) is 5.33. The molecule has 2 aromatic rings. The molecule has 7 heteroatoms. The van der Waals surface area contributed by atoms with Crippen LogP contribution in [0, 0.1) is 0 Å². The Balaban J connectivity index is 1.93. The minimum absolute atomic E-state index is 0.0667. The average molecular weight is 271 g/mol. The third-order valence-corrected chi connectivity index (χ3v) is 3.36. The van der Waals surface area contributed by atoms with Crippen molar-refractivity contribution in [3.05, 3.63) is 33.2 Å². The zero-order valence-electron chi connectivity index (χ0n) is 8.97. The molecule has 17 heavy (non-hydrogen) atoms. The van der Waals surface area contributed by atoms with Crippen LogP contribution < -0.4 is 5.73 Å². The summed E-state index contributed by atoms with van der Waals surface area (Å²) in [7, 11) is 0. The highest BCUT2D eigenvalue weighted by Crippen LogP contribution is 2.21. The maximum Gasteiger partial charge on any atom is 0.159 e. The van der Waals surface area contributed by atoms with Gasteiger partial charge in [-0.25, -0.2) is 4.68 Å². The van der Waals surface area contributed by atoms with Crippen LogP contribution in [-0.4, -0.2) is 20.8 Å². The molecule has 0 atom stereocenters. The first kappa shape index (κ1) is 12.2. The summed E-state index contributed by atoms with van der Waals surface area (Å²) in [5, 5.41) is 7.63. The van der Waals surface area contributed by atoms with Gasteiger partial charge < -0.3 is 5.73 Å². The molecule has 0 aliphatic rings. The molecule has 2 N–H and O–H groups in total. The highest BCUT2D eigenvalue weighted by Gasteiger charge is 2.08. The summed E-state index contributed by atoms with van der Waals surface area (Å²) in [5.74, 6) is 0.0667. The van der Waals surface area contributed by atoms with E-state index >= 15 is 0 Å². The molecular formula is C10H11ClN4OS. The van der Waals surface area contributed by atoms with Crippen LogP contribution in [-0.2, 0) is 24.3 Å². The van der Waals surface area contributed by atoms with Crippen LogP contribution in [0.2, 0.25) is 4.34 Å². The molecule has 0 unspecified atom stereocenters. The molecule has 0 aliphatic carbocycles. The summed E-state index contributed by atoms with van der Waals surface area (Å²) in [4.78, 5) is 12.7. The molecule has 0 saturated carbocycles. The standard InChI is InChI=1S/C10H11ClN4OS/c11-10-2-1-9(17-10)3-8(16)6-15-5-7(4-12)13-14-15/h1-2,5H,3-4,6,12H2. The predicted molar refractivity (Wildman–Crippen MR) is 66.0 cm³/mol. The number of hydrogen-bond donors (Lipinski definition) is 1. The van der Waals surface area contributed by atoms with Gasteiger partial charge >= 0.3 is 0 Å². The monoisotopic (exact) mass is 270 g/mol. The van der Waals surface area contributed by atoms with Crippen LogP contribution in [0.5, 0.6) is 0 Å². The largest absolute Gasteiger partial charge is 0.325 e. The van der Waals surface area contributed by atoms with Gasteiger partial charge in [0, 0.05) is 17.8 Å². The first-order valence-corrected chi connectivity index (χ1v) is 6.22. The first-order valence-electron chi connectivity index (χ1n) is 5.02. The lowest BCUT2D eigenvalue weighted by atomic mass is 10.2. The first-order chi connectivity index (χ1) is 8.17. The van der Waals surface area contributed by atoms with E-state index in [9.17, 15) is 4.79 Å². The van der Waals surface area contributed by atoms with Gasteiger partial charge in [0.1, 0.15) is 6.54 Å². The van der Waals surface area contributed by atoms with Crippen molar-refractivity contribution in [3.8, 4) is 0 Å². The van der Waals surface area contributed by atoms with Gasteiger partial charge in [-0.1, -0.05) is 16.8 Å². The minimum Gasteiger partial charge on any atom is -0.325 e. The van der Waals surface area contributed by atoms with Crippen LogP contribution in [0.3, 0.4) is 0 Å². The van der Waals surface area contributed by atoms with Crippen molar-refractivity contribution < 1.29 is 4.79 Å². The van der Waals surface area contributed by atoms with E-state index in [0.29, 0.717) is 23.0 Å². The third-order valence-electron chi connectivity index (χ3n) is 2.13. The molecule has 0 spiro atoms. The van der Waals surface area contributed by atoms with Crippen LogP contribution in [0.15, 0.2) is 18.3 Å². The zero-order chi connectivity index (χ0) is 12.3. The second kappa shape index (κ2) is 5.39. The molecule has 0 fully saturated rings. The maximum atomic E-state index is 11.7. The Morgan fingerprint density at radius 3 is 2.94 bits per heavy atom. The summed E-state index contributed by atoms with van der Waals surface area (Å²) in [6, 6.07) is 3.65. The Bertz CT molecular complexity index is 522. The van der Waals surface area contributed by atoms with Crippen molar-refractivity contribution >= 4 is 28.7 Å². The fraction of sp³-hybridized carbons (Fsp3) is 0.300. The fourth-order valence-corrected chi connectivity index (χ4v) is 2.50. The SMILES string of the molecule is NCc1cn(CC(=O)Cc2ccc(Cl)s2)nn1. The Morgan fingerprint density at radius 2 is 2.35 bits per heavy atom. The second-order valence-electron chi connectivity index (χ2n) is 3.53. The number of rotatable bonds is 5. The molecular weight excluding hydrogens is 260 g/mol. The van der Waals surface area contributed by atoms with E-state index in [1.54, 1.807) is 12.3 Å². The quantitative estimate of drug-likeness (QED) is 0.888. The molecule has 2 rings (SSSR count). The number of nitrogens with two attached hydrogens (primary N) is 1. The van der Waals surface area contributed by atoms with Gasteiger partial charge in [-0.3, -0.25) is 4.79 Å². The Labute approximate surface area is 107 Å². The summed E-state index contributed by atoms with van der Waals surface area (Å²) in [6.45, 7) is 0.539. The molecule has 90 valence electrons. The van der Waals surface area contributed by atoms with Crippen molar-refractivity contribution in [2.24, 2.45) is 5.73 Å². The Morgan fingerprint density at radius 1 is 1.53 bits per heavy atom. The summed E-state index contributed by atoms with van der Waals surface area (Å²) in [6.07, 6.45) is 2.05. The zero-order valence-corrected chi connectivity index (χ0v) is 10.5. The van der Waals surface area contributed by atoms with Gasteiger partial charge in [0.25, 0.3) is 0 Å². The summed E-state index contributed by atoms with van der Waals surface area (Å²) < 4.78 is 2.19. The fourth-order valence-electron chi connectivity index (χ4n) is 1.39. The molecule has 0 saturated heterocycles. The van der Waals surface area contributed by atoms with E-state index in [-0.39, 0.29) is 12.3 Å². The molecule has 0 amide bonds.